The van der Waals surface area contributed by atoms with Gasteiger partial charge in [-0.05, 0) is 40.8 Å². The number of fused-ring (bicyclic) bond motifs is 1. The molecule has 0 aliphatic rings. The fourth-order valence-electron chi connectivity index (χ4n) is 2.11. The Kier molecular flexibility index (Phi) is 3.85. The first-order valence-electron chi connectivity index (χ1n) is 5.87. The molecule has 0 saturated heterocycles. The summed E-state index contributed by atoms with van der Waals surface area (Å²) in [5.74, 6) is -4.19. The molecule has 22 heavy (non-hydrogen) atoms. The van der Waals surface area contributed by atoms with E-state index in [0.29, 0.717) is 9.09 Å². The van der Waals surface area contributed by atoms with Crippen LogP contribution in [0, 0.1) is 21.2 Å². The molecule has 0 bridgehead atoms. The summed E-state index contributed by atoms with van der Waals surface area (Å²) in [6, 6.07) is 3.02. The van der Waals surface area contributed by atoms with Gasteiger partial charge in [0, 0.05) is 10.9 Å². The molecule has 0 aliphatic carbocycles. The lowest BCUT2D eigenvalue weighted by molar-refractivity contribution is 0.457. The summed E-state index contributed by atoms with van der Waals surface area (Å²) in [6.07, 6.45) is 1.15. The molecule has 1 N–H and O–H groups in total. The minimum Gasteiger partial charge on any atom is -0.507 e. The van der Waals surface area contributed by atoms with Crippen molar-refractivity contribution in [2.75, 3.05) is 0 Å². The molecule has 0 aliphatic heterocycles. The number of benzene rings is 2. The normalized spacial score (nSPS) is 11.1. The number of hydrogen-bond acceptors (Lipinski definition) is 3. The molecule has 0 saturated carbocycles. The maximum atomic E-state index is 14.7. The van der Waals surface area contributed by atoms with Crippen molar-refractivity contribution < 1.29 is 18.3 Å². The van der Waals surface area contributed by atoms with Gasteiger partial charge in [-0.1, -0.05) is 11.6 Å². The highest BCUT2D eigenvalue weighted by atomic mass is 127. The summed E-state index contributed by atoms with van der Waals surface area (Å²) in [6.45, 7) is 0. The van der Waals surface area contributed by atoms with E-state index < -0.39 is 34.3 Å². The highest BCUT2D eigenvalue weighted by Gasteiger charge is 2.24. The number of phenols is 1. The van der Waals surface area contributed by atoms with Gasteiger partial charge in [-0.15, -0.1) is 0 Å². The molecule has 3 nitrogen and oxygen atoms in total. The minimum absolute atomic E-state index is 0.0955. The highest BCUT2D eigenvalue weighted by molar-refractivity contribution is 14.1. The molecule has 112 valence electrons. The maximum Gasteiger partial charge on any atom is 0.170 e. The van der Waals surface area contributed by atoms with Crippen LogP contribution >= 0.6 is 34.2 Å². The van der Waals surface area contributed by atoms with Gasteiger partial charge in [-0.3, -0.25) is 0 Å². The van der Waals surface area contributed by atoms with Crippen LogP contribution in [-0.4, -0.2) is 15.1 Å². The summed E-state index contributed by atoms with van der Waals surface area (Å²) >= 11 is 7.89. The Bertz CT molecular complexity index is 920. The molecule has 3 rings (SSSR count). The van der Waals surface area contributed by atoms with E-state index in [0.717, 1.165) is 18.5 Å². The van der Waals surface area contributed by atoms with Crippen molar-refractivity contribution in [2.45, 2.75) is 0 Å². The molecule has 0 radical (unpaired) electrons. The summed E-state index contributed by atoms with van der Waals surface area (Å²) in [5.41, 5.74) is -1.18. The predicted molar refractivity (Wildman–Crippen MR) is 84.2 cm³/mol. The van der Waals surface area contributed by atoms with Crippen molar-refractivity contribution >= 4 is 45.1 Å². The molecule has 1 aromatic heterocycles. The van der Waals surface area contributed by atoms with Crippen molar-refractivity contribution in [1.82, 2.24) is 9.97 Å². The first kappa shape index (κ1) is 15.3. The summed E-state index contributed by atoms with van der Waals surface area (Å²) in [5, 5.41) is 9.93. The molecule has 0 atom stereocenters. The van der Waals surface area contributed by atoms with Gasteiger partial charge in [0.15, 0.2) is 17.5 Å². The van der Waals surface area contributed by atoms with Crippen LogP contribution < -0.4 is 0 Å². The zero-order valence-corrected chi connectivity index (χ0v) is 13.5. The zero-order chi connectivity index (χ0) is 16.0. The lowest BCUT2D eigenvalue weighted by atomic mass is 10.0. The fourth-order valence-corrected chi connectivity index (χ4v) is 2.93. The van der Waals surface area contributed by atoms with E-state index in [1.165, 1.54) is 6.07 Å². The molecular formula is C14H5ClF3IN2O. The Morgan fingerprint density at radius 3 is 2.50 bits per heavy atom. The molecule has 0 spiro atoms. The third-order valence-electron chi connectivity index (χ3n) is 3.10. The fraction of sp³-hybridized carbons (Fsp3) is 0. The van der Waals surface area contributed by atoms with Crippen LogP contribution in [0.1, 0.15) is 0 Å². The van der Waals surface area contributed by atoms with E-state index >= 15 is 0 Å². The third kappa shape index (κ3) is 2.28. The van der Waals surface area contributed by atoms with Crippen LogP contribution in [0.4, 0.5) is 13.2 Å². The van der Waals surface area contributed by atoms with Gasteiger partial charge in [0.1, 0.15) is 21.3 Å². The van der Waals surface area contributed by atoms with Crippen molar-refractivity contribution in [3.63, 3.8) is 0 Å². The van der Waals surface area contributed by atoms with Gasteiger partial charge in [0.05, 0.1) is 10.6 Å². The van der Waals surface area contributed by atoms with Gasteiger partial charge in [-0.2, -0.15) is 0 Å². The molecule has 1 heterocycles. The van der Waals surface area contributed by atoms with Crippen LogP contribution in [0.15, 0.2) is 24.5 Å². The maximum absolute atomic E-state index is 14.7. The van der Waals surface area contributed by atoms with Crippen molar-refractivity contribution in [3.05, 3.63) is 50.7 Å². The Hall–Kier alpha value is -1.61. The van der Waals surface area contributed by atoms with Gasteiger partial charge in [-0.25, -0.2) is 23.1 Å². The predicted octanol–water partition coefficient (Wildman–Crippen LogP) is 4.68. The second kappa shape index (κ2) is 5.54. The Morgan fingerprint density at radius 2 is 1.77 bits per heavy atom. The Labute approximate surface area is 140 Å². The van der Waals surface area contributed by atoms with Crippen LogP contribution in [0.2, 0.25) is 5.02 Å². The van der Waals surface area contributed by atoms with Crippen LogP contribution in [0.3, 0.4) is 0 Å². The lowest BCUT2D eigenvalue weighted by Gasteiger charge is -2.12. The second-order valence-electron chi connectivity index (χ2n) is 4.36. The SMILES string of the molecule is Oc1ccc(F)c(F)c1-c1c(Cl)cc2c(I)ncnc2c1F. The van der Waals surface area contributed by atoms with Crippen LogP contribution in [0.25, 0.3) is 22.0 Å². The van der Waals surface area contributed by atoms with E-state index in [2.05, 4.69) is 9.97 Å². The van der Waals surface area contributed by atoms with E-state index in [1.807, 2.05) is 22.6 Å². The van der Waals surface area contributed by atoms with Crippen molar-refractivity contribution in [2.24, 2.45) is 0 Å². The monoisotopic (exact) mass is 436 g/mol. The molecular weight excluding hydrogens is 432 g/mol. The van der Waals surface area contributed by atoms with Crippen LogP contribution in [-0.2, 0) is 0 Å². The molecule has 0 amide bonds. The first-order chi connectivity index (χ1) is 10.4. The van der Waals surface area contributed by atoms with E-state index in [-0.39, 0.29) is 10.5 Å². The topological polar surface area (TPSA) is 46.0 Å². The smallest absolute Gasteiger partial charge is 0.170 e. The van der Waals surface area contributed by atoms with Gasteiger partial charge in [0.2, 0.25) is 0 Å². The highest BCUT2D eigenvalue weighted by Crippen LogP contribution is 2.41. The number of nitrogens with zero attached hydrogens (tertiary/aromatic N) is 2. The largest absolute Gasteiger partial charge is 0.507 e. The van der Waals surface area contributed by atoms with Crippen molar-refractivity contribution in [3.8, 4) is 16.9 Å². The average molecular weight is 437 g/mol. The zero-order valence-electron chi connectivity index (χ0n) is 10.5. The Balaban J connectivity index is 2.46. The number of halogens is 5. The van der Waals surface area contributed by atoms with E-state index in [1.54, 1.807) is 0 Å². The van der Waals surface area contributed by atoms with Crippen molar-refractivity contribution in [1.29, 1.82) is 0 Å². The number of rotatable bonds is 1. The van der Waals surface area contributed by atoms with Gasteiger partial charge in [0.25, 0.3) is 0 Å². The van der Waals surface area contributed by atoms with Gasteiger partial charge < -0.3 is 5.11 Å². The summed E-state index contributed by atoms with van der Waals surface area (Å²) < 4.78 is 42.6. The molecule has 8 heteroatoms. The first-order valence-corrected chi connectivity index (χ1v) is 7.33. The third-order valence-corrected chi connectivity index (χ3v) is 4.25. The lowest BCUT2D eigenvalue weighted by Crippen LogP contribution is -1.98. The van der Waals surface area contributed by atoms with E-state index in [9.17, 15) is 18.3 Å². The standard InChI is InChI=1S/C14H5ClF3IN2O/c15-6-3-5-13(20-4-21-14(5)19)12(18)9(6)10-8(22)2-1-7(16)11(10)17/h1-4,22H. The Morgan fingerprint density at radius 1 is 1.05 bits per heavy atom. The quantitative estimate of drug-likeness (QED) is 0.445. The molecule has 0 fully saturated rings. The number of aromatic hydroxyl groups is 1. The average Bonchev–Trinajstić information content (AvgIpc) is 2.48. The molecule has 2 aromatic carbocycles. The van der Waals surface area contributed by atoms with Gasteiger partial charge >= 0.3 is 0 Å². The molecule has 3 aromatic rings. The molecule has 0 unspecified atom stereocenters. The minimum atomic E-state index is -1.39. The van der Waals surface area contributed by atoms with Crippen LogP contribution in [0.5, 0.6) is 5.75 Å². The summed E-state index contributed by atoms with van der Waals surface area (Å²) in [7, 11) is 0. The number of phenolic OH excluding ortho intramolecular Hbond substituents is 1. The number of aromatic nitrogens is 2. The second-order valence-corrected chi connectivity index (χ2v) is 5.79. The van der Waals surface area contributed by atoms with E-state index in [4.69, 9.17) is 11.6 Å². The summed E-state index contributed by atoms with van der Waals surface area (Å²) in [4.78, 5) is 7.71. The number of hydrogen-bond donors (Lipinski definition) is 1.